The molecule has 0 aliphatic rings. The maximum absolute atomic E-state index is 6.17. The van der Waals surface area contributed by atoms with Gasteiger partial charge < -0.3 is 9.47 Å². The van der Waals surface area contributed by atoms with Crippen LogP contribution in [0.1, 0.15) is 0 Å². The zero-order valence-corrected chi connectivity index (χ0v) is 11.5. The summed E-state index contributed by atoms with van der Waals surface area (Å²) >= 11 is 12.2. The molecule has 0 atom stereocenters. The molecule has 2 aromatic carbocycles. The molecule has 2 rings (SSSR count). The fourth-order valence-corrected chi connectivity index (χ4v) is 2.00. The van der Waals surface area contributed by atoms with Crippen molar-refractivity contribution in [2.75, 3.05) is 14.2 Å². The summed E-state index contributed by atoms with van der Waals surface area (Å²) in [6.07, 6.45) is 0. The monoisotopic (exact) mass is 281 g/mol. The predicted molar refractivity (Wildman–Crippen MR) is 73.8 cm³/mol. The molecule has 0 aliphatic carbocycles. The lowest BCUT2D eigenvalue weighted by atomic mass is 10.0. The minimum atomic E-state index is 0.467. The second kappa shape index (κ2) is 5.51. The molecule has 0 aromatic heterocycles. The average molecular weight is 282 g/mol. The number of methoxy groups -OCH3 is 2. The van der Waals surface area contributed by atoms with Crippen LogP contribution in [0.15, 0.2) is 30.3 Å². The van der Waals surface area contributed by atoms with Crippen LogP contribution in [-0.2, 0) is 0 Å². The van der Waals surface area contributed by atoms with Gasteiger partial charge in [-0.25, -0.2) is 0 Å². The van der Waals surface area contributed by atoms with E-state index in [0.717, 1.165) is 11.1 Å². The summed E-state index contributed by atoms with van der Waals surface area (Å²) in [6, 6.07) is 12.0. The normalized spacial score (nSPS) is 10.2. The maximum Gasteiger partial charge on any atom is 0.123 e. The Bertz CT molecular complexity index is 545. The first-order valence-electron chi connectivity index (χ1n) is 5.25. The van der Waals surface area contributed by atoms with E-state index in [1.807, 2.05) is 12.1 Å². The van der Waals surface area contributed by atoms with Crippen molar-refractivity contribution < 1.29 is 9.47 Å². The lowest BCUT2D eigenvalue weighted by Gasteiger charge is -2.10. The Labute approximate surface area is 116 Å². The van der Waals surface area contributed by atoms with E-state index in [4.69, 9.17) is 32.7 Å². The van der Waals surface area contributed by atoms with Gasteiger partial charge in [0.05, 0.1) is 24.3 Å². The summed E-state index contributed by atoms with van der Waals surface area (Å²) in [5.41, 5.74) is 1.57. The summed E-state index contributed by atoms with van der Waals surface area (Å²) in [5.74, 6) is 1.38. The first-order chi connectivity index (χ1) is 8.65. The minimum Gasteiger partial charge on any atom is -0.497 e. The van der Waals surface area contributed by atoms with Gasteiger partial charge in [0.2, 0.25) is 0 Å². The van der Waals surface area contributed by atoms with Crippen molar-refractivity contribution in [1.29, 1.82) is 0 Å². The van der Waals surface area contributed by atoms with E-state index in [-0.39, 0.29) is 0 Å². The van der Waals surface area contributed by atoms with Crippen LogP contribution >= 0.6 is 23.2 Å². The van der Waals surface area contributed by atoms with E-state index in [9.17, 15) is 0 Å². The lowest BCUT2D eigenvalue weighted by Crippen LogP contribution is -1.89. The van der Waals surface area contributed by atoms with Crippen LogP contribution in [0, 0.1) is 6.07 Å². The third-order valence-electron chi connectivity index (χ3n) is 2.53. The second-order valence-electron chi connectivity index (χ2n) is 3.62. The summed E-state index contributed by atoms with van der Waals surface area (Å²) in [6.45, 7) is 0. The van der Waals surface area contributed by atoms with Gasteiger partial charge in [-0.2, -0.15) is 0 Å². The van der Waals surface area contributed by atoms with Crippen LogP contribution in [0.2, 0.25) is 10.0 Å². The fraction of sp³-hybridized carbons (Fsp3) is 0.143. The Hall–Kier alpha value is -1.38. The number of rotatable bonds is 3. The van der Waals surface area contributed by atoms with Gasteiger partial charge in [-0.15, -0.1) is 0 Å². The molecule has 2 aromatic rings. The van der Waals surface area contributed by atoms with Gasteiger partial charge >= 0.3 is 0 Å². The van der Waals surface area contributed by atoms with Crippen molar-refractivity contribution in [2.24, 2.45) is 0 Å². The summed E-state index contributed by atoms with van der Waals surface area (Å²) < 4.78 is 10.4. The van der Waals surface area contributed by atoms with Crippen LogP contribution in [0.25, 0.3) is 11.1 Å². The zero-order valence-electron chi connectivity index (χ0n) is 9.96. The molecule has 0 N–H and O–H groups in total. The van der Waals surface area contributed by atoms with Crippen molar-refractivity contribution in [2.45, 2.75) is 0 Å². The molecule has 0 saturated heterocycles. The molecule has 18 heavy (non-hydrogen) atoms. The Morgan fingerprint density at radius 1 is 1.00 bits per heavy atom. The molecule has 93 valence electrons. The third kappa shape index (κ3) is 2.55. The first-order valence-corrected chi connectivity index (χ1v) is 6.00. The SMILES string of the molecule is COc1cc(OC)cc(-c2[c]ccc(Cl)c2Cl)c1. The lowest BCUT2D eigenvalue weighted by molar-refractivity contribution is 0.394. The molecule has 0 unspecified atom stereocenters. The van der Waals surface area contributed by atoms with Gasteiger partial charge in [0.1, 0.15) is 11.5 Å². The van der Waals surface area contributed by atoms with Crippen molar-refractivity contribution in [3.8, 4) is 22.6 Å². The van der Waals surface area contributed by atoms with E-state index in [2.05, 4.69) is 6.07 Å². The molecule has 4 heteroatoms. The molecule has 0 saturated carbocycles. The van der Waals surface area contributed by atoms with Crippen LogP contribution in [-0.4, -0.2) is 14.2 Å². The van der Waals surface area contributed by atoms with Crippen LogP contribution in [0.4, 0.5) is 0 Å². The highest BCUT2D eigenvalue weighted by molar-refractivity contribution is 6.43. The molecule has 1 radical (unpaired) electrons. The van der Waals surface area contributed by atoms with E-state index in [1.165, 1.54) is 0 Å². The standard InChI is InChI=1S/C14H11Cl2O2/c1-17-10-6-9(7-11(8-10)18-2)12-4-3-5-13(15)14(12)16/h3,5-8H,1-2H3. The van der Waals surface area contributed by atoms with E-state index in [0.29, 0.717) is 21.5 Å². The Kier molecular flexibility index (Phi) is 4.00. The topological polar surface area (TPSA) is 18.5 Å². The van der Waals surface area contributed by atoms with Gasteiger partial charge in [0, 0.05) is 11.6 Å². The zero-order chi connectivity index (χ0) is 13.1. The maximum atomic E-state index is 6.17. The number of hydrogen-bond acceptors (Lipinski definition) is 2. The Balaban J connectivity index is 2.59. The molecule has 2 nitrogen and oxygen atoms in total. The summed E-state index contributed by atoms with van der Waals surface area (Å²) in [4.78, 5) is 0. The van der Waals surface area contributed by atoms with Gasteiger partial charge in [-0.1, -0.05) is 29.3 Å². The average Bonchev–Trinajstić information content (AvgIpc) is 2.41. The summed E-state index contributed by atoms with van der Waals surface area (Å²) in [5, 5.41) is 0.960. The smallest absolute Gasteiger partial charge is 0.123 e. The second-order valence-corrected chi connectivity index (χ2v) is 4.40. The van der Waals surface area contributed by atoms with Crippen LogP contribution in [0.3, 0.4) is 0 Å². The van der Waals surface area contributed by atoms with Crippen LogP contribution in [0.5, 0.6) is 11.5 Å². The highest BCUT2D eigenvalue weighted by Crippen LogP contribution is 2.36. The molecular formula is C14H11Cl2O2. The molecule has 0 bridgehead atoms. The van der Waals surface area contributed by atoms with Gasteiger partial charge in [-0.3, -0.25) is 0 Å². The van der Waals surface area contributed by atoms with Gasteiger partial charge in [0.15, 0.2) is 0 Å². The fourth-order valence-electron chi connectivity index (χ4n) is 1.62. The molecular weight excluding hydrogens is 271 g/mol. The van der Waals surface area contributed by atoms with Gasteiger partial charge in [-0.05, 0) is 29.8 Å². The predicted octanol–water partition coefficient (Wildman–Crippen LogP) is 4.48. The quantitative estimate of drug-likeness (QED) is 0.826. The highest BCUT2D eigenvalue weighted by atomic mass is 35.5. The van der Waals surface area contributed by atoms with Crippen molar-refractivity contribution in [3.63, 3.8) is 0 Å². The van der Waals surface area contributed by atoms with Crippen molar-refractivity contribution in [1.82, 2.24) is 0 Å². The minimum absolute atomic E-state index is 0.467. The third-order valence-corrected chi connectivity index (χ3v) is 3.33. The van der Waals surface area contributed by atoms with E-state index in [1.54, 1.807) is 32.4 Å². The first kappa shape index (κ1) is 13.1. The molecule has 0 aliphatic heterocycles. The molecule has 0 heterocycles. The van der Waals surface area contributed by atoms with E-state index < -0.39 is 0 Å². The van der Waals surface area contributed by atoms with Crippen molar-refractivity contribution >= 4 is 23.2 Å². The van der Waals surface area contributed by atoms with Crippen molar-refractivity contribution in [3.05, 3.63) is 46.4 Å². The number of halogens is 2. The Morgan fingerprint density at radius 3 is 2.17 bits per heavy atom. The number of ether oxygens (including phenoxy) is 2. The number of hydrogen-bond donors (Lipinski definition) is 0. The largest absolute Gasteiger partial charge is 0.497 e. The molecule has 0 spiro atoms. The molecule has 0 amide bonds. The highest BCUT2D eigenvalue weighted by Gasteiger charge is 2.10. The Morgan fingerprint density at radius 2 is 1.61 bits per heavy atom. The van der Waals surface area contributed by atoms with Crippen LogP contribution < -0.4 is 9.47 Å². The van der Waals surface area contributed by atoms with Gasteiger partial charge in [0.25, 0.3) is 0 Å². The number of benzene rings is 2. The van der Waals surface area contributed by atoms with E-state index >= 15 is 0 Å². The molecule has 0 fully saturated rings. The summed E-state index contributed by atoms with van der Waals surface area (Å²) in [7, 11) is 3.20.